The van der Waals surface area contributed by atoms with Gasteiger partial charge in [-0.2, -0.15) is 0 Å². The first-order valence-electron chi connectivity index (χ1n) is 5.01. The number of nitrogens with zero attached hydrogens (tertiary/aromatic N) is 1. The standard InChI is InChI=1S/C12H19N/c1-4-7-12-10-13(6-3)9-8-11(12)5-2/h4-5,7H,2,6,8-10H2,1,3H3/b7-4-. The van der Waals surface area contributed by atoms with E-state index in [1.807, 2.05) is 6.08 Å². The van der Waals surface area contributed by atoms with Gasteiger partial charge in [-0.1, -0.05) is 31.7 Å². The zero-order valence-corrected chi connectivity index (χ0v) is 8.71. The molecule has 0 aromatic heterocycles. The predicted molar refractivity (Wildman–Crippen MR) is 58.8 cm³/mol. The van der Waals surface area contributed by atoms with E-state index in [1.54, 1.807) is 0 Å². The van der Waals surface area contributed by atoms with Crippen LogP contribution in [0.5, 0.6) is 0 Å². The molecule has 0 unspecified atom stereocenters. The molecule has 0 aliphatic carbocycles. The second kappa shape index (κ2) is 5.03. The summed E-state index contributed by atoms with van der Waals surface area (Å²) in [5, 5.41) is 0. The van der Waals surface area contributed by atoms with Gasteiger partial charge in [0.1, 0.15) is 0 Å². The van der Waals surface area contributed by atoms with Gasteiger partial charge in [0.25, 0.3) is 0 Å². The molecule has 1 heterocycles. The minimum absolute atomic E-state index is 1.09. The normalized spacial score (nSPS) is 19.8. The van der Waals surface area contributed by atoms with Crippen LogP contribution in [0, 0.1) is 0 Å². The summed E-state index contributed by atoms with van der Waals surface area (Å²) in [5.74, 6) is 0. The third-order valence-corrected chi connectivity index (χ3v) is 2.57. The van der Waals surface area contributed by atoms with Crippen LogP contribution in [-0.4, -0.2) is 24.5 Å². The summed E-state index contributed by atoms with van der Waals surface area (Å²) in [6, 6.07) is 0. The Bertz CT molecular complexity index is 236. The van der Waals surface area contributed by atoms with Crippen LogP contribution in [0.15, 0.2) is 36.0 Å². The van der Waals surface area contributed by atoms with E-state index in [0.717, 1.165) is 19.5 Å². The lowest BCUT2D eigenvalue weighted by Gasteiger charge is -2.27. The highest BCUT2D eigenvalue weighted by atomic mass is 15.1. The molecule has 72 valence electrons. The molecule has 0 fully saturated rings. The fraction of sp³-hybridized carbons (Fsp3) is 0.500. The molecule has 0 aromatic carbocycles. The van der Waals surface area contributed by atoms with Crippen LogP contribution in [0.4, 0.5) is 0 Å². The minimum Gasteiger partial charge on any atom is -0.299 e. The largest absolute Gasteiger partial charge is 0.299 e. The maximum Gasteiger partial charge on any atom is 0.0236 e. The fourth-order valence-corrected chi connectivity index (χ4v) is 1.72. The van der Waals surface area contributed by atoms with Crippen molar-refractivity contribution in [3.8, 4) is 0 Å². The van der Waals surface area contributed by atoms with Crippen LogP contribution in [0.25, 0.3) is 0 Å². The topological polar surface area (TPSA) is 3.24 Å². The molecule has 1 nitrogen and oxygen atoms in total. The van der Waals surface area contributed by atoms with Crippen LogP contribution in [0.2, 0.25) is 0 Å². The van der Waals surface area contributed by atoms with E-state index in [4.69, 9.17) is 0 Å². The molecular weight excluding hydrogens is 158 g/mol. The van der Waals surface area contributed by atoms with Crippen molar-refractivity contribution in [2.45, 2.75) is 20.3 Å². The van der Waals surface area contributed by atoms with Gasteiger partial charge in [-0.3, -0.25) is 4.90 Å². The average Bonchev–Trinajstić information content (AvgIpc) is 2.18. The third kappa shape index (κ3) is 2.56. The van der Waals surface area contributed by atoms with E-state index >= 15 is 0 Å². The van der Waals surface area contributed by atoms with Gasteiger partial charge in [0, 0.05) is 13.1 Å². The van der Waals surface area contributed by atoms with Gasteiger partial charge in [-0.05, 0) is 31.0 Å². The van der Waals surface area contributed by atoms with Crippen LogP contribution < -0.4 is 0 Å². The summed E-state index contributed by atoms with van der Waals surface area (Å²) < 4.78 is 0. The predicted octanol–water partition coefficient (Wildman–Crippen LogP) is 2.77. The lowest BCUT2D eigenvalue weighted by atomic mass is 10.00. The second-order valence-corrected chi connectivity index (χ2v) is 3.37. The van der Waals surface area contributed by atoms with E-state index in [-0.39, 0.29) is 0 Å². The highest BCUT2D eigenvalue weighted by molar-refractivity contribution is 5.35. The lowest BCUT2D eigenvalue weighted by Crippen LogP contribution is -2.30. The van der Waals surface area contributed by atoms with E-state index < -0.39 is 0 Å². The number of hydrogen-bond acceptors (Lipinski definition) is 1. The molecule has 1 heteroatoms. The minimum atomic E-state index is 1.09. The van der Waals surface area contributed by atoms with Gasteiger partial charge in [-0.25, -0.2) is 0 Å². The van der Waals surface area contributed by atoms with Crippen LogP contribution in [-0.2, 0) is 0 Å². The van der Waals surface area contributed by atoms with E-state index in [2.05, 4.69) is 37.5 Å². The highest BCUT2D eigenvalue weighted by Crippen LogP contribution is 2.19. The van der Waals surface area contributed by atoms with Gasteiger partial charge in [0.15, 0.2) is 0 Å². The summed E-state index contributed by atoms with van der Waals surface area (Å²) in [5.41, 5.74) is 2.86. The summed E-state index contributed by atoms with van der Waals surface area (Å²) in [4.78, 5) is 2.46. The fourth-order valence-electron chi connectivity index (χ4n) is 1.72. The van der Waals surface area contributed by atoms with E-state index in [9.17, 15) is 0 Å². The smallest absolute Gasteiger partial charge is 0.0236 e. The van der Waals surface area contributed by atoms with Crippen molar-refractivity contribution < 1.29 is 0 Å². The van der Waals surface area contributed by atoms with Crippen LogP contribution >= 0.6 is 0 Å². The summed E-state index contributed by atoms with van der Waals surface area (Å²) in [6.07, 6.45) is 7.47. The Kier molecular flexibility index (Phi) is 3.97. The molecule has 0 N–H and O–H groups in total. The molecule has 0 aromatic rings. The van der Waals surface area contributed by atoms with E-state index in [0.29, 0.717) is 0 Å². The number of hydrogen-bond donors (Lipinski definition) is 0. The van der Waals surface area contributed by atoms with Gasteiger partial charge in [0.2, 0.25) is 0 Å². The molecule has 0 bridgehead atoms. The molecule has 0 spiro atoms. The molecule has 13 heavy (non-hydrogen) atoms. The monoisotopic (exact) mass is 177 g/mol. The number of likely N-dealkylation sites (N-methyl/N-ethyl adjacent to an activating group) is 1. The zero-order chi connectivity index (χ0) is 9.68. The Morgan fingerprint density at radius 1 is 1.46 bits per heavy atom. The van der Waals surface area contributed by atoms with Crippen molar-refractivity contribution in [1.29, 1.82) is 0 Å². The Labute approximate surface area is 81.4 Å². The van der Waals surface area contributed by atoms with Crippen LogP contribution in [0.3, 0.4) is 0 Å². The van der Waals surface area contributed by atoms with Gasteiger partial charge in [0.05, 0.1) is 0 Å². The first-order valence-corrected chi connectivity index (χ1v) is 5.01. The summed E-state index contributed by atoms with van der Waals surface area (Å²) >= 11 is 0. The Balaban J connectivity index is 2.79. The third-order valence-electron chi connectivity index (χ3n) is 2.57. The highest BCUT2D eigenvalue weighted by Gasteiger charge is 2.13. The summed E-state index contributed by atoms with van der Waals surface area (Å²) in [7, 11) is 0. The quantitative estimate of drug-likeness (QED) is 0.640. The van der Waals surface area contributed by atoms with Gasteiger partial charge in [-0.15, -0.1) is 0 Å². The zero-order valence-electron chi connectivity index (χ0n) is 8.71. The molecule has 0 atom stereocenters. The van der Waals surface area contributed by atoms with Crippen molar-refractivity contribution in [2.24, 2.45) is 0 Å². The Morgan fingerprint density at radius 2 is 2.23 bits per heavy atom. The number of allylic oxidation sites excluding steroid dienone is 2. The molecular formula is C12H19N. The molecule has 0 saturated heterocycles. The maximum atomic E-state index is 3.86. The second-order valence-electron chi connectivity index (χ2n) is 3.37. The molecule has 0 saturated carbocycles. The lowest BCUT2D eigenvalue weighted by molar-refractivity contribution is 0.305. The van der Waals surface area contributed by atoms with Gasteiger partial charge >= 0.3 is 0 Å². The molecule has 1 rings (SSSR count). The molecule has 0 amide bonds. The van der Waals surface area contributed by atoms with Crippen molar-refractivity contribution in [3.63, 3.8) is 0 Å². The van der Waals surface area contributed by atoms with Crippen molar-refractivity contribution in [2.75, 3.05) is 19.6 Å². The Morgan fingerprint density at radius 3 is 2.77 bits per heavy atom. The SMILES string of the molecule is C=CC1=C(/C=C\C)CN(CC)CC1. The maximum absolute atomic E-state index is 3.86. The summed E-state index contributed by atoms with van der Waals surface area (Å²) in [6.45, 7) is 11.5. The van der Waals surface area contributed by atoms with Crippen molar-refractivity contribution in [1.82, 2.24) is 4.90 Å². The molecule has 1 aliphatic heterocycles. The Hall–Kier alpha value is -0.820. The average molecular weight is 177 g/mol. The van der Waals surface area contributed by atoms with Crippen molar-refractivity contribution in [3.05, 3.63) is 36.0 Å². The molecule has 1 aliphatic rings. The first kappa shape index (κ1) is 10.3. The first-order chi connectivity index (χ1) is 6.31. The molecule has 0 radical (unpaired) electrons. The number of rotatable bonds is 3. The van der Waals surface area contributed by atoms with Crippen molar-refractivity contribution >= 4 is 0 Å². The van der Waals surface area contributed by atoms with Gasteiger partial charge < -0.3 is 0 Å². The van der Waals surface area contributed by atoms with E-state index in [1.165, 1.54) is 17.7 Å². The van der Waals surface area contributed by atoms with Crippen LogP contribution in [0.1, 0.15) is 20.3 Å².